The summed E-state index contributed by atoms with van der Waals surface area (Å²) in [6, 6.07) is 4.05. The van der Waals surface area contributed by atoms with Crippen molar-refractivity contribution in [3.63, 3.8) is 0 Å². The molecular weight excluding hydrogens is 322 g/mol. The van der Waals surface area contributed by atoms with Gasteiger partial charge in [-0.05, 0) is 47.4 Å². The van der Waals surface area contributed by atoms with Gasteiger partial charge in [0, 0.05) is 43.3 Å². The van der Waals surface area contributed by atoms with E-state index >= 15 is 0 Å². The van der Waals surface area contributed by atoms with Gasteiger partial charge >= 0.3 is 5.97 Å². The molecule has 1 N–H and O–H groups in total. The first-order chi connectivity index (χ1) is 9.65. The number of pyridine rings is 1. The molecule has 20 heavy (non-hydrogen) atoms. The van der Waals surface area contributed by atoms with Crippen molar-refractivity contribution >= 4 is 27.7 Å². The highest BCUT2D eigenvalue weighted by Gasteiger charge is 2.17. The van der Waals surface area contributed by atoms with E-state index in [0.29, 0.717) is 0 Å². The Bertz CT molecular complexity index is 431. The zero-order valence-electron chi connectivity index (χ0n) is 11.5. The molecule has 0 saturated carbocycles. The molecule has 2 rings (SSSR count). The third kappa shape index (κ3) is 4.76. The number of carboxylic acid groups (broad SMARTS) is 1. The Kier molecular flexibility index (Phi) is 5.79. The highest BCUT2D eigenvalue weighted by atomic mass is 79.9. The predicted molar refractivity (Wildman–Crippen MR) is 82.1 cm³/mol. The molecule has 1 aromatic heterocycles. The third-order valence-electron chi connectivity index (χ3n) is 3.52. The van der Waals surface area contributed by atoms with Crippen LogP contribution in [0, 0.1) is 0 Å². The summed E-state index contributed by atoms with van der Waals surface area (Å²) in [6.45, 7) is 4.99. The van der Waals surface area contributed by atoms with Crippen LogP contribution in [-0.4, -0.2) is 53.7 Å². The van der Waals surface area contributed by atoms with Gasteiger partial charge in [0.2, 0.25) is 0 Å². The summed E-state index contributed by atoms with van der Waals surface area (Å²) in [6.07, 6.45) is 3.84. The molecule has 0 bridgehead atoms. The van der Waals surface area contributed by atoms with Crippen LogP contribution < -0.4 is 4.90 Å². The van der Waals surface area contributed by atoms with E-state index in [4.69, 9.17) is 5.11 Å². The van der Waals surface area contributed by atoms with Gasteiger partial charge in [0.05, 0.1) is 0 Å². The van der Waals surface area contributed by atoms with E-state index in [9.17, 15) is 4.79 Å². The number of hydrogen-bond donors (Lipinski definition) is 1. The lowest BCUT2D eigenvalue weighted by atomic mass is 10.2. The monoisotopic (exact) mass is 341 g/mol. The lowest BCUT2D eigenvalue weighted by Crippen LogP contribution is -2.46. The summed E-state index contributed by atoms with van der Waals surface area (Å²) in [5.74, 6) is 0.329. The number of unbranched alkanes of at least 4 members (excludes halogenated alkanes) is 1. The average Bonchev–Trinajstić information content (AvgIpc) is 2.45. The van der Waals surface area contributed by atoms with Crippen LogP contribution in [0.15, 0.2) is 22.8 Å². The Hall–Kier alpha value is -1.14. The maximum absolute atomic E-state index is 10.4. The molecule has 2 heterocycles. The fraction of sp³-hybridized carbons (Fsp3) is 0.571. The molecule has 5 nitrogen and oxygen atoms in total. The summed E-state index contributed by atoms with van der Waals surface area (Å²) < 4.78 is 0.998. The first-order valence-corrected chi connectivity index (χ1v) is 7.75. The van der Waals surface area contributed by atoms with Gasteiger partial charge in [-0.2, -0.15) is 0 Å². The molecule has 0 aromatic carbocycles. The molecule has 1 aliphatic heterocycles. The molecule has 6 heteroatoms. The number of halogens is 1. The zero-order valence-corrected chi connectivity index (χ0v) is 13.0. The number of anilines is 1. The van der Waals surface area contributed by atoms with E-state index < -0.39 is 5.97 Å². The van der Waals surface area contributed by atoms with Crippen LogP contribution in [-0.2, 0) is 4.79 Å². The average molecular weight is 342 g/mol. The molecule has 1 aromatic rings. The van der Waals surface area contributed by atoms with Crippen LogP contribution >= 0.6 is 15.9 Å². The fourth-order valence-electron chi connectivity index (χ4n) is 2.37. The SMILES string of the molecule is O=C(O)CCCCN1CCN(c2ccc(Br)cn2)CC1. The number of aromatic nitrogens is 1. The van der Waals surface area contributed by atoms with Crippen molar-refractivity contribution in [2.24, 2.45) is 0 Å². The zero-order chi connectivity index (χ0) is 14.4. The second-order valence-electron chi connectivity index (χ2n) is 5.01. The lowest BCUT2D eigenvalue weighted by molar-refractivity contribution is -0.137. The van der Waals surface area contributed by atoms with Gasteiger partial charge in [0.15, 0.2) is 0 Å². The number of hydrogen-bond acceptors (Lipinski definition) is 4. The van der Waals surface area contributed by atoms with Gasteiger partial charge in [-0.1, -0.05) is 0 Å². The molecule has 1 saturated heterocycles. The maximum Gasteiger partial charge on any atom is 0.303 e. The van der Waals surface area contributed by atoms with E-state index in [2.05, 4.69) is 30.7 Å². The smallest absolute Gasteiger partial charge is 0.303 e. The Morgan fingerprint density at radius 1 is 1.25 bits per heavy atom. The van der Waals surface area contributed by atoms with Crippen LogP contribution in [0.5, 0.6) is 0 Å². The normalized spacial score (nSPS) is 16.4. The summed E-state index contributed by atoms with van der Waals surface area (Å²) in [5, 5.41) is 8.60. The second-order valence-corrected chi connectivity index (χ2v) is 5.93. The minimum atomic E-state index is -0.698. The highest BCUT2D eigenvalue weighted by molar-refractivity contribution is 9.10. The second kappa shape index (κ2) is 7.59. The maximum atomic E-state index is 10.4. The largest absolute Gasteiger partial charge is 0.481 e. The highest BCUT2D eigenvalue weighted by Crippen LogP contribution is 2.16. The molecule has 0 unspecified atom stereocenters. The molecule has 1 fully saturated rings. The minimum absolute atomic E-state index is 0.281. The molecule has 0 amide bonds. The summed E-state index contributed by atoms with van der Waals surface area (Å²) >= 11 is 3.39. The number of piperazine rings is 1. The summed E-state index contributed by atoms with van der Waals surface area (Å²) in [7, 11) is 0. The molecule has 0 atom stereocenters. The van der Waals surface area contributed by atoms with Crippen molar-refractivity contribution in [2.75, 3.05) is 37.6 Å². The first kappa shape index (κ1) is 15.3. The number of nitrogens with zero attached hydrogens (tertiary/aromatic N) is 3. The van der Waals surface area contributed by atoms with Crippen molar-refractivity contribution < 1.29 is 9.90 Å². The molecule has 1 aliphatic rings. The van der Waals surface area contributed by atoms with Crippen LogP contribution in [0.2, 0.25) is 0 Å². The van der Waals surface area contributed by atoms with Crippen LogP contribution in [0.1, 0.15) is 19.3 Å². The van der Waals surface area contributed by atoms with Crippen molar-refractivity contribution in [1.82, 2.24) is 9.88 Å². The van der Waals surface area contributed by atoms with E-state index in [0.717, 1.165) is 55.9 Å². The standard InChI is InChI=1S/C14H20BrN3O2/c15-12-4-5-13(16-11-12)18-9-7-17(8-10-18)6-2-1-3-14(19)20/h4-5,11H,1-3,6-10H2,(H,19,20). The Balaban J connectivity index is 1.69. The topological polar surface area (TPSA) is 56.7 Å². The quantitative estimate of drug-likeness (QED) is 0.804. The van der Waals surface area contributed by atoms with Gasteiger partial charge in [-0.3, -0.25) is 9.69 Å². The van der Waals surface area contributed by atoms with E-state index in [1.165, 1.54) is 0 Å². The number of aliphatic carboxylic acids is 1. The van der Waals surface area contributed by atoms with Crippen LogP contribution in [0.25, 0.3) is 0 Å². The van der Waals surface area contributed by atoms with Gasteiger partial charge in [0.1, 0.15) is 5.82 Å². The number of rotatable bonds is 6. The van der Waals surface area contributed by atoms with Crippen molar-refractivity contribution in [3.8, 4) is 0 Å². The van der Waals surface area contributed by atoms with Crippen LogP contribution in [0.3, 0.4) is 0 Å². The van der Waals surface area contributed by atoms with Gasteiger partial charge in [0.25, 0.3) is 0 Å². The summed E-state index contributed by atoms with van der Waals surface area (Å²) in [5.41, 5.74) is 0. The van der Waals surface area contributed by atoms with Gasteiger partial charge < -0.3 is 10.0 Å². The van der Waals surface area contributed by atoms with Crippen molar-refractivity contribution in [1.29, 1.82) is 0 Å². The molecule has 0 radical (unpaired) electrons. The molecule has 0 aliphatic carbocycles. The van der Waals surface area contributed by atoms with E-state index in [1.807, 2.05) is 18.3 Å². The Morgan fingerprint density at radius 3 is 2.60 bits per heavy atom. The van der Waals surface area contributed by atoms with E-state index in [-0.39, 0.29) is 6.42 Å². The molecule has 110 valence electrons. The van der Waals surface area contributed by atoms with E-state index in [1.54, 1.807) is 0 Å². The summed E-state index contributed by atoms with van der Waals surface area (Å²) in [4.78, 5) is 19.6. The first-order valence-electron chi connectivity index (χ1n) is 6.96. The molecule has 0 spiro atoms. The fourth-order valence-corrected chi connectivity index (χ4v) is 2.60. The Morgan fingerprint density at radius 2 is 2.00 bits per heavy atom. The Labute approximate surface area is 127 Å². The van der Waals surface area contributed by atoms with Crippen LogP contribution in [0.4, 0.5) is 5.82 Å². The predicted octanol–water partition coefficient (Wildman–Crippen LogP) is 2.22. The number of carbonyl (C=O) groups is 1. The van der Waals surface area contributed by atoms with Gasteiger partial charge in [-0.15, -0.1) is 0 Å². The minimum Gasteiger partial charge on any atom is -0.481 e. The van der Waals surface area contributed by atoms with Gasteiger partial charge in [-0.25, -0.2) is 4.98 Å². The van der Waals surface area contributed by atoms with Crippen molar-refractivity contribution in [2.45, 2.75) is 19.3 Å². The molecular formula is C14H20BrN3O2. The lowest BCUT2D eigenvalue weighted by Gasteiger charge is -2.35. The number of carboxylic acids is 1. The van der Waals surface area contributed by atoms with Crippen molar-refractivity contribution in [3.05, 3.63) is 22.8 Å². The third-order valence-corrected chi connectivity index (χ3v) is 3.99.